The lowest BCUT2D eigenvalue weighted by atomic mass is 9.79. The summed E-state index contributed by atoms with van der Waals surface area (Å²) in [5.74, 6) is 0. The largest absolute Gasteiger partial charge is 0.0561 e. The van der Waals surface area contributed by atoms with Gasteiger partial charge in [-0.1, -0.05) is 111 Å². The molecule has 0 heteroatoms. The van der Waals surface area contributed by atoms with E-state index >= 15 is 0 Å². The van der Waals surface area contributed by atoms with E-state index in [2.05, 4.69) is 118 Å². The SMILES string of the molecule is Cc1c2cc(C(C)(C)C)cc1CCc1cc(C(C)(C)C)cc3c1C=Cc1c(cc(C(C)(C)C)cc1C3)CC2. The summed E-state index contributed by atoms with van der Waals surface area (Å²) in [6.07, 6.45) is 10.3. The van der Waals surface area contributed by atoms with Crippen LogP contribution >= 0.6 is 0 Å². The predicted octanol–water partition coefficient (Wildman–Crippen LogP) is 9.85. The predicted molar refractivity (Wildman–Crippen MR) is 167 cm³/mol. The number of benzene rings is 3. The Morgan fingerprint density at radius 2 is 0.711 bits per heavy atom. The summed E-state index contributed by atoms with van der Waals surface area (Å²) in [4.78, 5) is 0. The van der Waals surface area contributed by atoms with E-state index in [1.165, 1.54) is 66.8 Å². The topological polar surface area (TPSA) is 0 Å². The summed E-state index contributed by atoms with van der Waals surface area (Å²) < 4.78 is 0. The van der Waals surface area contributed by atoms with Crippen LogP contribution in [-0.4, -0.2) is 0 Å². The minimum absolute atomic E-state index is 0.127. The van der Waals surface area contributed by atoms with Crippen molar-refractivity contribution in [1.82, 2.24) is 0 Å². The summed E-state index contributed by atoms with van der Waals surface area (Å²) >= 11 is 0. The average Bonchev–Trinajstić information content (AvgIpc) is 2.99. The highest BCUT2D eigenvalue weighted by molar-refractivity contribution is 5.79. The maximum Gasteiger partial charge on any atom is -0.00135 e. The van der Waals surface area contributed by atoms with Crippen molar-refractivity contribution in [3.05, 3.63) is 103 Å². The Bertz CT molecular complexity index is 1320. The van der Waals surface area contributed by atoms with Gasteiger partial charge in [-0.15, -0.1) is 0 Å². The van der Waals surface area contributed by atoms with Gasteiger partial charge in [-0.3, -0.25) is 0 Å². The van der Waals surface area contributed by atoms with E-state index in [0.29, 0.717) is 0 Å². The number of hydrogen-bond donors (Lipinski definition) is 0. The van der Waals surface area contributed by atoms with Gasteiger partial charge in [0.1, 0.15) is 0 Å². The van der Waals surface area contributed by atoms with Gasteiger partial charge in [0.25, 0.3) is 0 Å². The molecule has 4 bridgehead atoms. The average molecular weight is 505 g/mol. The molecule has 0 spiro atoms. The highest BCUT2D eigenvalue weighted by Gasteiger charge is 2.25. The van der Waals surface area contributed by atoms with Crippen LogP contribution < -0.4 is 0 Å². The zero-order chi connectivity index (χ0) is 27.6. The van der Waals surface area contributed by atoms with Gasteiger partial charge >= 0.3 is 0 Å². The fourth-order valence-corrected chi connectivity index (χ4v) is 6.26. The molecule has 3 aromatic rings. The molecule has 0 radical (unpaired) electrons. The van der Waals surface area contributed by atoms with E-state index in [0.717, 1.165) is 32.1 Å². The molecule has 0 saturated heterocycles. The molecular formula is C38H48. The molecule has 2 aliphatic rings. The Hall–Kier alpha value is -2.60. The molecule has 2 aliphatic carbocycles. The highest BCUT2D eigenvalue weighted by Crippen LogP contribution is 2.38. The molecule has 0 heterocycles. The molecular weight excluding hydrogens is 456 g/mol. The van der Waals surface area contributed by atoms with Crippen molar-refractivity contribution in [3.8, 4) is 0 Å². The number of aryl methyl sites for hydroxylation is 4. The van der Waals surface area contributed by atoms with Gasteiger partial charge in [-0.2, -0.15) is 0 Å². The monoisotopic (exact) mass is 504 g/mol. The van der Waals surface area contributed by atoms with Crippen LogP contribution in [0.5, 0.6) is 0 Å². The maximum absolute atomic E-state index is 2.52. The fourth-order valence-electron chi connectivity index (χ4n) is 6.26. The summed E-state index contributed by atoms with van der Waals surface area (Å²) in [5, 5.41) is 0. The molecule has 200 valence electrons. The van der Waals surface area contributed by atoms with Crippen LogP contribution in [0.4, 0.5) is 0 Å². The molecule has 0 amide bonds. The molecule has 0 saturated carbocycles. The van der Waals surface area contributed by atoms with Gasteiger partial charge in [-0.25, -0.2) is 0 Å². The molecule has 38 heavy (non-hydrogen) atoms. The van der Waals surface area contributed by atoms with Crippen molar-refractivity contribution in [2.45, 2.75) is 118 Å². The van der Waals surface area contributed by atoms with Crippen LogP contribution in [0, 0.1) is 6.92 Å². The van der Waals surface area contributed by atoms with E-state index in [1.54, 1.807) is 0 Å². The van der Waals surface area contributed by atoms with Crippen molar-refractivity contribution in [1.29, 1.82) is 0 Å². The minimum Gasteiger partial charge on any atom is -0.0561 e. The summed E-state index contributed by atoms with van der Waals surface area (Å²) in [6.45, 7) is 23.6. The maximum atomic E-state index is 2.52. The van der Waals surface area contributed by atoms with E-state index in [9.17, 15) is 0 Å². The minimum atomic E-state index is 0.127. The van der Waals surface area contributed by atoms with E-state index in [1.807, 2.05) is 0 Å². The van der Waals surface area contributed by atoms with Crippen LogP contribution in [0.1, 0.15) is 129 Å². The molecule has 0 atom stereocenters. The first-order valence-corrected chi connectivity index (χ1v) is 14.7. The third-order valence-corrected chi connectivity index (χ3v) is 9.05. The molecule has 0 aliphatic heterocycles. The van der Waals surface area contributed by atoms with Crippen LogP contribution in [0.3, 0.4) is 0 Å². The number of fused-ring (bicyclic) bond motifs is 2. The summed E-state index contributed by atoms with van der Waals surface area (Å²) in [5.41, 5.74) is 18.3. The quantitative estimate of drug-likeness (QED) is 0.223. The lowest BCUT2D eigenvalue weighted by molar-refractivity contribution is 0.585. The van der Waals surface area contributed by atoms with Crippen molar-refractivity contribution in [2.24, 2.45) is 0 Å². The normalized spacial score (nSPS) is 15.5. The van der Waals surface area contributed by atoms with Gasteiger partial charge in [0.05, 0.1) is 0 Å². The van der Waals surface area contributed by atoms with Crippen LogP contribution in [0.15, 0.2) is 36.4 Å². The molecule has 5 rings (SSSR count). The standard InChI is InChI=1S/C38H48/c1-24-25-11-13-27-20-32(37(5,6)7)22-29-17-30-23-33(38(8,9)10)21-28(35(30)16-15-34(27)29)14-12-26(24)19-31(18-25)36(2,3)4/h15-16,18-23H,11-14,17H2,1-10H3. The smallest absolute Gasteiger partial charge is 0.00135 e. The van der Waals surface area contributed by atoms with E-state index in [-0.39, 0.29) is 16.2 Å². The third-order valence-electron chi connectivity index (χ3n) is 9.05. The highest BCUT2D eigenvalue weighted by atomic mass is 14.3. The third kappa shape index (κ3) is 5.16. The molecule has 0 aromatic heterocycles. The zero-order valence-corrected chi connectivity index (χ0v) is 25.7. The van der Waals surface area contributed by atoms with E-state index in [4.69, 9.17) is 0 Å². The van der Waals surface area contributed by atoms with Crippen molar-refractivity contribution in [2.75, 3.05) is 0 Å². The molecule has 0 unspecified atom stereocenters. The van der Waals surface area contributed by atoms with Gasteiger partial charge in [0, 0.05) is 0 Å². The molecule has 0 fully saturated rings. The summed E-state index contributed by atoms with van der Waals surface area (Å²) in [7, 11) is 0. The first-order valence-electron chi connectivity index (χ1n) is 14.7. The Morgan fingerprint density at radius 1 is 0.421 bits per heavy atom. The van der Waals surface area contributed by atoms with Gasteiger partial charge in [0.15, 0.2) is 0 Å². The first kappa shape index (κ1) is 27.0. The Balaban J connectivity index is 1.79. The van der Waals surface area contributed by atoms with Gasteiger partial charge < -0.3 is 0 Å². The molecule has 3 aromatic carbocycles. The molecule has 0 N–H and O–H groups in total. The Labute approximate surface area is 232 Å². The second kappa shape index (κ2) is 9.25. The van der Waals surface area contributed by atoms with Crippen LogP contribution in [0.25, 0.3) is 12.2 Å². The number of hydrogen-bond acceptors (Lipinski definition) is 0. The fraction of sp³-hybridized carbons (Fsp3) is 0.474. The Morgan fingerprint density at radius 3 is 1.05 bits per heavy atom. The van der Waals surface area contributed by atoms with Crippen LogP contribution in [-0.2, 0) is 48.3 Å². The van der Waals surface area contributed by atoms with Crippen LogP contribution in [0.2, 0.25) is 0 Å². The second-order valence-electron chi connectivity index (χ2n) is 15.1. The Kier molecular flexibility index (Phi) is 6.57. The van der Waals surface area contributed by atoms with Crippen molar-refractivity contribution in [3.63, 3.8) is 0 Å². The molecule has 0 nitrogen and oxygen atoms in total. The zero-order valence-electron chi connectivity index (χ0n) is 25.7. The second-order valence-corrected chi connectivity index (χ2v) is 15.1. The summed E-state index contributed by atoms with van der Waals surface area (Å²) in [6, 6.07) is 15.1. The lowest BCUT2D eigenvalue weighted by Crippen LogP contribution is -2.16. The van der Waals surface area contributed by atoms with Crippen molar-refractivity contribution < 1.29 is 0 Å². The van der Waals surface area contributed by atoms with Gasteiger partial charge in [0.2, 0.25) is 0 Å². The lowest BCUT2D eigenvalue weighted by Gasteiger charge is -2.26. The van der Waals surface area contributed by atoms with Crippen molar-refractivity contribution >= 4 is 12.2 Å². The van der Waals surface area contributed by atoms with E-state index < -0.39 is 0 Å². The number of rotatable bonds is 0. The van der Waals surface area contributed by atoms with Gasteiger partial charge in [-0.05, 0) is 122 Å². The first-order chi connectivity index (χ1) is 17.6.